The smallest absolute Gasteiger partial charge is 0.338 e. The highest BCUT2D eigenvalue weighted by atomic mass is 79.9. The standard InChI is InChI=1S/C18H21BrN6O2.C17H16BrN5O.C16H18BrN3O5.C15H16BrN3O4/c1-12-10-13(19)4-5-15(12)21-16-11-25(26)8-6-14(16)17-22-23-18(27-17)20-7-9-24(2)3;1-3-7-20-17-23-22-16(24-17)13-6-8-19-10-15(13)21-14-5-4-12(18)9-11(14)2;1-10-6-11(17)2-3-14(10)18-15-7-20(24)5-4-13(15)16(23)19-25-9-12(22)8-21;1-10-8-11(16)2-3-13(10)17-14-9-19(22)5-4-12(14)15(21)18-23-7-6-20/h4-6,8,10-11,21,26H,7,9H2,1-3H3;3-6,8-10,21H,1,7H2,2H3,(H,20,23);2-7,12,18,21-22H,8-9H2,1H3,(H,19,23);2-5,8-9,17,20H,6-7H2,1H3,(H,18,21). The minimum Gasteiger partial charge on any atom is -0.619 e. The molecule has 0 saturated carbocycles. The second kappa shape index (κ2) is 38.6. The number of nitrogens with zero attached hydrogens (tertiary/aromatic N) is 10. The highest BCUT2D eigenvalue weighted by molar-refractivity contribution is 9.11. The molecule has 0 bridgehead atoms. The predicted octanol–water partition coefficient (Wildman–Crippen LogP) is 11.3. The summed E-state index contributed by atoms with van der Waals surface area (Å²) >= 11 is 13.7. The minimum absolute atomic E-state index is 0.0191. The first-order chi connectivity index (χ1) is 47.5. The van der Waals surface area contributed by atoms with E-state index in [4.69, 9.17) is 29.0 Å². The lowest BCUT2D eigenvalue weighted by molar-refractivity contribution is -0.604. The third-order valence-corrected chi connectivity index (χ3v) is 15.4. The number of aliphatic hydroxyl groups excluding tert-OH is 3. The number of aliphatic hydroxyl groups is 3. The van der Waals surface area contributed by atoms with Crippen LogP contribution in [0.3, 0.4) is 0 Å². The fourth-order valence-electron chi connectivity index (χ4n) is 8.48. The highest BCUT2D eigenvalue weighted by Gasteiger charge is 2.24. The van der Waals surface area contributed by atoms with Gasteiger partial charge in [0, 0.05) is 78.3 Å². The third-order valence-electron chi connectivity index (χ3n) is 13.5. The van der Waals surface area contributed by atoms with Crippen molar-refractivity contribution in [1.29, 1.82) is 0 Å². The molecule has 4 aromatic heterocycles. The number of amidine groups is 1. The molecule has 2 aliphatic rings. The van der Waals surface area contributed by atoms with E-state index in [1.807, 2.05) is 126 Å². The Kier molecular flexibility index (Phi) is 29.9. The number of pyridine rings is 3. The van der Waals surface area contributed by atoms with Crippen molar-refractivity contribution in [2.45, 2.75) is 33.8 Å². The molecule has 99 heavy (non-hydrogen) atoms. The zero-order valence-electron chi connectivity index (χ0n) is 54.2. The molecular formula is C66H71Br4N17O12. The summed E-state index contributed by atoms with van der Waals surface area (Å²) in [6.07, 6.45) is 13.7. The number of aromatic nitrogens is 5. The quantitative estimate of drug-likeness (QED) is 0.00880. The third kappa shape index (κ3) is 24.2. The van der Waals surface area contributed by atoms with Crippen molar-refractivity contribution in [2.24, 2.45) is 15.2 Å². The summed E-state index contributed by atoms with van der Waals surface area (Å²) < 4.78 is 16.4. The Morgan fingerprint density at radius 3 is 1.76 bits per heavy atom. The Hall–Kier alpha value is -9.52. The maximum Gasteiger partial charge on any atom is 0.338 e. The molecule has 0 radical (unpaired) electrons. The Balaban J connectivity index is 0.000000186. The van der Waals surface area contributed by atoms with E-state index >= 15 is 0 Å². The molecular weight excluding hydrogens is 1540 g/mol. The number of halogens is 4. The van der Waals surface area contributed by atoms with Crippen LogP contribution in [0.4, 0.5) is 45.8 Å². The Bertz CT molecular complexity index is 4270. The van der Waals surface area contributed by atoms with E-state index in [0.717, 1.165) is 85.8 Å². The van der Waals surface area contributed by atoms with Crippen LogP contribution in [-0.4, -0.2) is 130 Å². The fraction of sp³-hybridized carbons (Fsp3) is 0.212. The van der Waals surface area contributed by atoms with Gasteiger partial charge in [0.25, 0.3) is 23.6 Å². The van der Waals surface area contributed by atoms with Crippen molar-refractivity contribution >= 4 is 127 Å². The summed E-state index contributed by atoms with van der Waals surface area (Å²) in [7, 11) is 3.95. The SMILES string of the molecule is C=CCNc1nnc(-c2ccncc2Nc2ccc(Br)cc2C)o1.Cc1cc(Br)ccc1NC1=CN(O)C=CC1=C1N=NC(=NCCN(C)C)O1.Cc1cc(Br)ccc1Nc1c[n+]([O-])ccc1C(=O)NOCC(O)CO.Cc1cc(Br)ccc1Nc1c[n+]([O-])ccc1C(=O)NOCCO. The first kappa shape index (κ1) is 76.8. The number of anilines is 8. The number of azo groups is 1. The van der Waals surface area contributed by atoms with E-state index in [9.17, 15) is 30.3 Å². The Labute approximate surface area is 603 Å². The molecule has 29 nitrogen and oxygen atoms in total. The fourth-order valence-corrected chi connectivity index (χ4v) is 10.4. The summed E-state index contributed by atoms with van der Waals surface area (Å²) in [5.41, 5.74) is 15.8. The molecule has 0 spiro atoms. The van der Waals surface area contributed by atoms with E-state index in [1.165, 1.54) is 43.1 Å². The predicted molar refractivity (Wildman–Crippen MR) is 388 cm³/mol. The summed E-state index contributed by atoms with van der Waals surface area (Å²) in [6, 6.07) is 28.3. The lowest BCUT2D eigenvalue weighted by Gasteiger charge is -2.20. The van der Waals surface area contributed by atoms with Crippen molar-refractivity contribution in [3.05, 3.63) is 238 Å². The van der Waals surface area contributed by atoms with Gasteiger partial charge in [-0.1, -0.05) is 80.0 Å². The number of hydrogen-bond acceptors (Lipinski definition) is 24. The first-order valence-electron chi connectivity index (χ1n) is 29.9. The van der Waals surface area contributed by atoms with Gasteiger partial charge in [-0.2, -0.15) is 9.46 Å². The van der Waals surface area contributed by atoms with Crippen LogP contribution in [0.15, 0.2) is 214 Å². The number of aryl methyl sites for hydroxylation is 4. The normalized spacial score (nSPS) is 13.5. The first-order valence-corrected chi connectivity index (χ1v) is 33.0. The van der Waals surface area contributed by atoms with Crippen molar-refractivity contribution < 1.29 is 58.4 Å². The van der Waals surface area contributed by atoms with E-state index in [2.05, 4.69) is 138 Å². The number of allylic oxidation sites excluding steroid dienone is 1. The number of nitrogens with one attached hydrogen (secondary N) is 7. The van der Waals surface area contributed by atoms with Crippen LogP contribution >= 0.6 is 63.7 Å². The van der Waals surface area contributed by atoms with Crippen molar-refractivity contribution in [3.8, 4) is 11.5 Å². The average molecular weight is 1610 g/mol. The van der Waals surface area contributed by atoms with E-state index in [0.29, 0.717) is 63.0 Å². The number of carbonyl (C=O) groups is 2. The zero-order chi connectivity index (χ0) is 71.5. The van der Waals surface area contributed by atoms with Gasteiger partial charge in [-0.05, 0) is 149 Å². The maximum atomic E-state index is 12.2. The molecule has 1 atom stereocenters. The van der Waals surface area contributed by atoms with Crippen molar-refractivity contribution in [2.75, 3.05) is 86.7 Å². The number of rotatable bonds is 24. The maximum absolute atomic E-state index is 12.2. The van der Waals surface area contributed by atoms with Crippen LogP contribution in [-0.2, 0) is 14.4 Å². The average Bonchev–Trinajstić information content (AvgIpc) is 1.83. The number of aliphatic imine (C=N–C) groups is 1. The largest absolute Gasteiger partial charge is 0.619 e. The number of likely N-dealkylation sites (N-methyl/N-ethyl adjacent to an activating group) is 1. The van der Waals surface area contributed by atoms with E-state index < -0.39 is 24.5 Å². The Morgan fingerprint density at radius 2 is 1.25 bits per heavy atom. The van der Waals surface area contributed by atoms with Crippen molar-refractivity contribution in [1.82, 2.24) is 36.1 Å². The lowest BCUT2D eigenvalue weighted by Crippen LogP contribution is -2.32. The van der Waals surface area contributed by atoms with Crippen molar-refractivity contribution in [3.63, 3.8) is 0 Å². The molecule has 11 N–H and O–H groups in total. The zero-order valence-corrected chi connectivity index (χ0v) is 60.6. The minimum atomic E-state index is -1.09. The second-order valence-corrected chi connectivity index (χ2v) is 25.1. The molecule has 4 aromatic carbocycles. The monoisotopic (exact) mass is 1610 g/mol. The molecule has 0 aliphatic carbocycles. The topological polar surface area (TPSA) is 376 Å². The molecule has 10 rings (SSSR count). The van der Waals surface area contributed by atoms with Crippen LogP contribution in [0.1, 0.15) is 43.0 Å². The number of hydrogen-bond donors (Lipinski definition) is 11. The molecule has 8 aromatic rings. The number of carbonyl (C=O) groups excluding carboxylic acids is 2. The molecule has 6 heterocycles. The van der Waals surface area contributed by atoms with E-state index in [1.54, 1.807) is 30.7 Å². The van der Waals surface area contributed by atoms with Crippen LogP contribution in [0.2, 0.25) is 0 Å². The van der Waals surface area contributed by atoms with Gasteiger partial charge >= 0.3 is 12.0 Å². The molecule has 0 fully saturated rings. The van der Waals surface area contributed by atoms with Crippen LogP contribution < -0.4 is 47.0 Å². The Morgan fingerprint density at radius 1 is 0.727 bits per heavy atom. The van der Waals surface area contributed by atoms with Gasteiger partial charge < -0.3 is 66.4 Å². The molecule has 2 aliphatic heterocycles. The molecule has 520 valence electrons. The van der Waals surface area contributed by atoms with Gasteiger partial charge in [-0.15, -0.1) is 16.8 Å². The number of amides is 2. The van der Waals surface area contributed by atoms with Gasteiger partial charge in [0.05, 0.1) is 72.4 Å². The van der Waals surface area contributed by atoms with Crippen LogP contribution in [0, 0.1) is 38.1 Å². The van der Waals surface area contributed by atoms with Gasteiger partial charge in [0.2, 0.25) is 12.4 Å². The summed E-state index contributed by atoms with van der Waals surface area (Å²) in [6.45, 7) is 12.4. The van der Waals surface area contributed by atoms with Gasteiger partial charge in [0.15, 0.2) is 12.4 Å². The van der Waals surface area contributed by atoms with Crippen LogP contribution in [0.5, 0.6) is 0 Å². The molecule has 1 unspecified atom stereocenters. The molecule has 0 saturated heterocycles. The van der Waals surface area contributed by atoms with Crippen LogP contribution in [0.25, 0.3) is 11.5 Å². The number of ether oxygens (including phenoxy) is 1. The molecule has 2 amide bonds. The second-order valence-electron chi connectivity index (χ2n) is 21.4. The summed E-state index contributed by atoms with van der Waals surface area (Å²) in [5, 5.41) is 92.4. The summed E-state index contributed by atoms with van der Waals surface area (Å²) in [4.78, 5) is 44.5. The van der Waals surface area contributed by atoms with Gasteiger partial charge in [0.1, 0.15) is 24.1 Å². The van der Waals surface area contributed by atoms with Gasteiger partial charge in [-0.25, -0.2) is 21.0 Å². The number of hydroxylamine groups is 4. The highest BCUT2D eigenvalue weighted by Crippen LogP contribution is 2.34. The summed E-state index contributed by atoms with van der Waals surface area (Å²) in [5.74, 6) is -0.364. The van der Waals surface area contributed by atoms with Gasteiger partial charge in [-0.3, -0.25) is 29.5 Å². The molecule has 33 heteroatoms. The van der Waals surface area contributed by atoms with E-state index in [-0.39, 0.29) is 37.0 Å². The number of benzene rings is 4. The lowest BCUT2D eigenvalue weighted by atomic mass is 10.1.